The molecule has 2 N–H and O–H groups in total. The number of carbonyl (C=O) groups excluding carboxylic acids is 1. The zero-order valence-electron chi connectivity index (χ0n) is 18.1. The Hall–Kier alpha value is -0.980. The van der Waals surface area contributed by atoms with Crippen LogP contribution in [0.2, 0.25) is 0 Å². The number of benzene rings is 1. The second kappa shape index (κ2) is 11.6. The van der Waals surface area contributed by atoms with Gasteiger partial charge < -0.3 is 15.3 Å². The fourth-order valence-corrected chi connectivity index (χ4v) is 5.28. The van der Waals surface area contributed by atoms with Gasteiger partial charge in [-0.25, -0.2) is 4.39 Å². The summed E-state index contributed by atoms with van der Waals surface area (Å²) in [5.41, 5.74) is 1.09. The van der Waals surface area contributed by atoms with Crippen LogP contribution in [-0.4, -0.2) is 47.7 Å². The number of rotatable bonds is 8. The molecule has 168 valence electrons. The summed E-state index contributed by atoms with van der Waals surface area (Å²) in [5, 5.41) is 12.6. The summed E-state index contributed by atoms with van der Waals surface area (Å²) < 4.78 is 14.5. The van der Waals surface area contributed by atoms with Crippen molar-refractivity contribution in [3.05, 3.63) is 34.1 Å². The van der Waals surface area contributed by atoms with Crippen LogP contribution in [0.1, 0.15) is 63.9 Å². The van der Waals surface area contributed by atoms with E-state index in [9.17, 15) is 14.3 Å². The molecule has 6 heteroatoms. The smallest absolute Gasteiger partial charge is 0.249 e. The van der Waals surface area contributed by atoms with E-state index in [-0.39, 0.29) is 17.8 Å². The van der Waals surface area contributed by atoms with E-state index in [2.05, 4.69) is 26.1 Å². The lowest BCUT2D eigenvalue weighted by Gasteiger charge is -2.34. The van der Waals surface area contributed by atoms with Crippen LogP contribution in [0.25, 0.3) is 0 Å². The van der Waals surface area contributed by atoms with Crippen molar-refractivity contribution in [2.45, 2.75) is 76.9 Å². The van der Waals surface area contributed by atoms with Crippen molar-refractivity contribution in [2.75, 3.05) is 19.6 Å². The van der Waals surface area contributed by atoms with E-state index in [1.807, 2.05) is 13.0 Å². The maximum absolute atomic E-state index is 13.5. The third-order valence-corrected chi connectivity index (χ3v) is 7.73. The summed E-state index contributed by atoms with van der Waals surface area (Å²) in [6, 6.07) is 5.21. The van der Waals surface area contributed by atoms with Gasteiger partial charge in [-0.05, 0) is 113 Å². The second-order valence-electron chi connectivity index (χ2n) is 9.16. The van der Waals surface area contributed by atoms with Crippen LogP contribution in [-0.2, 0) is 11.2 Å². The van der Waals surface area contributed by atoms with Crippen molar-refractivity contribution in [3.63, 3.8) is 0 Å². The Labute approximate surface area is 188 Å². The van der Waals surface area contributed by atoms with E-state index >= 15 is 0 Å². The third kappa shape index (κ3) is 7.03. The van der Waals surface area contributed by atoms with Gasteiger partial charge in [0.2, 0.25) is 5.91 Å². The fraction of sp³-hybridized carbons (Fsp3) is 0.708. The van der Waals surface area contributed by atoms with E-state index in [1.54, 1.807) is 6.07 Å². The summed E-state index contributed by atoms with van der Waals surface area (Å²) in [5.74, 6) is 1.02. The molecule has 2 fully saturated rings. The van der Waals surface area contributed by atoms with Gasteiger partial charge in [0.1, 0.15) is 11.9 Å². The molecule has 1 aliphatic heterocycles. The van der Waals surface area contributed by atoms with Gasteiger partial charge in [0.25, 0.3) is 0 Å². The molecule has 0 spiro atoms. The van der Waals surface area contributed by atoms with E-state index in [1.165, 1.54) is 25.3 Å². The number of hydrogen-bond acceptors (Lipinski definition) is 3. The predicted octanol–water partition coefficient (Wildman–Crippen LogP) is 4.68. The monoisotopic (exact) mass is 482 g/mol. The Morgan fingerprint density at radius 2 is 1.90 bits per heavy atom. The molecule has 0 radical (unpaired) electrons. The van der Waals surface area contributed by atoms with E-state index in [0.717, 1.165) is 67.7 Å². The topological polar surface area (TPSA) is 52.6 Å². The van der Waals surface area contributed by atoms with Gasteiger partial charge in [-0.15, -0.1) is 0 Å². The number of likely N-dealkylation sites (tertiary alicyclic amines) is 1. The van der Waals surface area contributed by atoms with E-state index in [4.69, 9.17) is 0 Å². The number of nitrogens with one attached hydrogen (secondary N) is 1. The number of nitrogens with zero attached hydrogens (tertiary/aromatic N) is 1. The molecule has 30 heavy (non-hydrogen) atoms. The Bertz CT molecular complexity index is 686. The first kappa shape index (κ1) is 23.7. The highest BCUT2D eigenvalue weighted by atomic mass is 79.9. The maximum Gasteiger partial charge on any atom is 0.249 e. The van der Waals surface area contributed by atoms with Crippen LogP contribution >= 0.6 is 15.9 Å². The minimum absolute atomic E-state index is 0.151. The standard InChI is InChI=1S/C24H36BrFN2O2/c1-2-23(29)24(30)27-21-6-3-17(4-7-21)9-12-28-13-10-18(11-14-28)15-19-16-20(26)5-8-22(19)25/h5,8,16-18,21,23,29H,2-4,6-7,9-15H2,1H3,(H,27,30). The molecule has 1 aromatic rings. The van der Waals surface area contributed by atoms with Crippen molar-refractivity contribution >= 4 is 21.8 Å². The van der Waals surface area contributed by atoms with Crippen molar-refractivity contribution in [3.8, 4) is 0 Å². The molecule has 1 unspecified atom stereocenters. The van der Waals surface area contributed by atoms with Crippen LogP contribution in [0, 0.1) is 17.7 Å². The van der Waals surface area contributed by atoms with Crippen molar-refractivity contribution in [1.82, 2.24) is 10.2 Å². The van der Waals surface area contributed by atoms with Gasteiger partial charge in [0.05, 0.1) is 0 Å². The highest BCUT2D eigenvalue weighted by Gasteiger charge is 2.25. The predicted molar refractivity (Wildman–Crippen MR) is 122 cm³/mol. The summed E-state index contributed by atoms with van der Waals surface area (Å²) in [4.78, 5) is 14.4. The van der Waals surface area contributed by atoms with Crippen LogP contribution in [0.5, 0.6) is 0 Å². The Kier molecular flexibility index (Phi) is 9.14. The molecular weight excluding hydrogens is 447 g/mol. The molecule has 1 saturated carbocycles. The lowest BCUT2D eigenvalue weighted by Crippen LogP contribution is -2.43. The molecule has 1 aromatic carbocycles. The number of halogens is 2. The number of carbonyl (C=O) groups is 1. The SMILES string of the molecule is CCC(O)C(=O)NC1CCC(CCN2CCC(Cc3cc(F)ccc3Br)CC2)CC1. The molecular formula is C24H36BrFN2O2. The van der Waals surface area contributed by atoms with Crippen LogP contribution in [0.4, 0.5) is 4.39 Å². The number of aliphatic hydroxyl groups excluding tert-OH is 1. The highest BCUT2D eigenvalue weighted by molar-refractivity contribution is 9.10. The first-order chi connectivity index (χ1) is 14.4. The summed E-state index contributed by atoms with van der Waals surface area (Å²) in [7, 11) is 0. The first-order valence-corrected chi connectivity index (χ1v) is 12.4. The third-order valence-electron chi connectivity index (χ3n) is 6.96. The fourth-order valence-electron chi connectivity index (χ4n) is 4.87. The van der Waals surface area contributed by atoms with Crippen LogP contribution in [0.3, 0.4) is 0 Å². The van der Waals surface area contributed by atoms with E-state index in [0.29, 0.717) is 12.3 Å². The minimum Gasteiger partial charge on any atom is -0.383 e. The highest BCUT2D eigenvalue weighted by Crippen LogP contribution is 2.29. The van der Waals surface area contributed by atoms with Gasteiger partial charge in [-0.3, -0.25) is 4.79 Å². The van der Waals surface area contributed by atoms with Crippen molar-refractivity contribution in [1.29, 1.82) is 0 Å². The van der Waals surface area contributed by atoms with Crippen molar-refractivity contribution in [2.24, 2.45) is 11.8 Å². The summed E-state index contributed by atoms with van der Waals surface area (Å²) >= 11 is 3.55. The minimum atomic E-state index is -0.868. The van der Waals surface area contributed by atoms with Gasteiger partial charge in [-0.1, -0.05) is 22.9 Å². The molecule has 2 aliphatic rings. The lowest BCUT2D eigenvalue weighted by atomic mass is 9.83. The van der Waals surface area contributed by atoms with Crippen molar-refractivity contribution < 1.29 is 14.3 Å². The van der Waals surface area contributed by atoms with E-state index < -0.39 is 6.10 Å². The average Bonchev–Trinajstić information content (AvgIpc) is 2.76. The normalized spacial score (nSPS) is 24.5. The Balaban J connectivity index is 1.32. The van der Waals surface area contributed by atoms with Gasteiger partial charge in [0, 0.05) is 10.5 Å². The van der Waals surface area contributed by atoms with Crippen LogP contribution in [0.15, 0.2) is 22.7 Å². The maximum atomic E-state index is 13.5. The Morgan fingerprint density at radius 3 is 2.57 bits per heavy atom. The van der Waals surface area contributed by atoms with Gasteiger partial charge >= 0.3 is 0 Å². The second-order valence-corrected chi connectivity index (χ2v) is 10.0. The lowest BCUT2D eigenvalue weighted by molar-refractivity contribution is -0.130. The number of piperidine rings is 1. The quantitative estimate of drug-likeness (QED) is 0.565. The number of amides is 1. The molecule has 0 bridgehead atoms. The summed E-state index contributed by atoms with van der Waals surface area (Å²) in [6.07, 6.45) is 8.53. The number of hydrogen-bond donors (Lipinski definition) is 2. The van der Waals surface area contributed by atoms with Gasteiger partial charge in [-0.2, -0.15) is 0 Å². The molecule has 1 saturated heterocycles. The molecule has 4 nitrogen and oxygen atoms in total. The first-order valence-electron chi connectivity index (χ1n) is 11.6. The zero-order valence-corrected chi connectivity index (χ0v) is 19.7. The molecule has 1 amide bonds. The average molecular weight is 483 g/mol. The molecule has 1 atom stereocenters. The molecule has 0 aromatic heterocycles. The summed E-state index contributed by atoms with van der Waals surface area (Å²) in [6.45, 7) is 5.26. The Morgan fingerprint density at radius 1 is 1.20 bits per heavy atom. The van der Waals surface area contributed by atoms with Gasteiger partial charge in [0.15, 0.2) is 0 Å². The number of aliphatic hydroxyl groups is 1. The van der Waals surface area contributed by atoms with Crippen LogP contribution < -0.4 is 5.32 Å². The molecule has 3 rings (SSSR count). The largest absolute Gasteiger partial charge is 0.383 e. The molecule has 1 aliphatic carbocycles. The zero-order chi connectivity index (χ0) is 21.5. The molecule has 1 heterocycles.